The van der Waals surface area contributed by atoms with Gasteiger partial charge in [-0.2, -0.15) is 0 Å². The van der Waals surface area contributed by atoms with Crippen molar-refractivity contribution in [3.63, 3.8) is 0 Å². The maximum atomic E-state index is 6.77. The molecule has 0 aromatic heterocycles. The Hall–Kier alpha value is -1.99. The van der Waals surface area contributed by atoms with Gasteiger partial charge in [0.2, 0.25) is 0 Å². The van der Waals surface area contributed by atoms with Crippen LogP contribution in [-0.2, 0) is 0 Å². The summed E-state index contributed by atoms with van der Waals surface area (Å²) in [6.45, 7) is 2.12. The van der Waals surface area contributed by atoms with Crippen LogP contribution in [0.4, 0.5) is 0 Å². The monoisotopic (exact) mass is 296 g/mol. The van der Waals surface area contributed by atoms with E-state index in [2.05, 4.69) is 43.3 Å². The molecule has 3 aromatic rings. The van der Waals surface area contributed by atoms with Gasteiger partial charge in [0.1, 0.15) is 5.75 Å². The van der Waals surface area contributed by atoms with Crippen molar-refractivity contribution in [1.29, 1.82) is 0 Å². The Morgan fingerprint density at radius 3 is 2.24 bits per heavy atom. The van der Waals surface area contributed by atoms with E-state index in [1.54, 1.807) is 7.11 Å². The quantitative estimate of drug-likeness (QED) is 0.581. The van der Waals surface area contributed by atoms with Crippen LogP contribution in [0, 0.1) is 6.92 Å². The van der Waals surface area contributed by atoms with Crippen molar-refractivity contribution in [1.82, 2.24) is 0 Å². The van der Waals surface area contributed by atoms with E-state index < -0.39 is 0 Å². The lowest BCUT2D eigenvalue weighted by atomic mass is 9.95. The Bertz CT molecular complexity index is 779. The van der Waals surface area contributed by atoms with Crippen molar-refractivity contribution >= 4 is 22.4 Å². The molecule has 3 rings (SSSR count). The highest BCUT2D eigenvalue weighted by Gasteiger charge is 2.17. The summed E-state index contributed by atoms with van der Waals surface area (Å²) in [7, 11) is 1.68. The number of fused-ring (bicyclic) bond motifs is 1. The van der Waals surface area contributed by atoms with Gasteiger partial charge in [0.15, 0.2) is 0 Å². The number of aryl methyl sites for hydroxylation is 1. The van der Waals surface area contributed by atoms with Crippen molar-refractivity contribution < 1.29 is 4.74 Å². The maximum Gasteiger partial charge on any atom is 0.123 e. The normalized spacial score (nSPS) is 12.3. The molecule has 2 heteroatoms. The molecule has 1 nitrogen and oxygen atoms in total. The highest BCUT2D eigenvalue weighted by atomic mass is 35.5. The van der Waals surface area contributed by atoms with Crippen LogP contribution in [0.25, 0.3) is 10.8 Å². The largest absolute Gasteiger partial charge is 0.496 e. The first-order valence-corrected chi connectivity index (χ1v) is 7.41. The second-order valence-electron chi connectivity index (χ2n) is 5.12. The lowest BCUT2D eigenvalue weighted by Gasteiger charge is -2.17. The minimum atomic E-state index is -0.230. The highest BCUT2D eigenvalue weighted by molar-refractivity contribution is 6.24. The molecule has 0 bridgehead atoms. The number of ether oxygens (including phenoxy) is 1. The molecule has 0 aliphatic carbocycles. The fourth-order valence-electron chi connectivity index (χ4n) is 2.74. The summed E-state index contributed by atoms with van der Waals surface area (Å²) in [6.07, 6.45) is 0. The summed E-state index contributed by atoms with van der Waals surface area (Å²) < 4.78 is 5.44. The van der Waals surface area contributed by atoms with E-state index >= 15 is 0 Å². The summed E-state index contributed by atoms with van der Waals surface area (Å²) in [4.78, 5) is 0. The average molecular weight is 297 g/mol. The molecule has 0 saturated heterocycles. The third-order valence-electron chi connectivity index (χ3n) is 3.86. The van der Waals surface area contributed by atoms with E-state index in [-0.39, 0.29) is 5.38 Å². The fraction of sp³-hybridized carbons (Fsp3) is 0.158. The third kappa shape index (κ3) is 2.50. The third-order valence-corrected chi connectivity index (χ3v) is 4.33. The first-order chi connectivity index (χ1) is 10.2. The first-order valence-electron chi connectivity index (χ1n) is 6.97. The average Bonchev–Trinajstić information content (AvgIpc) is 2.55. The van der Waals surface area contributed by atoms with E-state index in [0.717, 1.165) is 16.9 Å². The lowest BCUT2D eigenvalue weighted by molar-refractivity contribution is 0.410. The Balaban J connectivity index is 2.18. The van der Waals surface area contributed by atoms with Crippen molar-refractivity contribution in [3.05, 3.63) is 77.4 Å². The number of hydrogen-bond acceptors (Lipinski definition) is 1. The molecular weight excluding hydrogens is 280 g/mol. The zero-order valence-corrected chi connectivity index (χ0v) is 12.9. The van der Waals surface area contributed by atoms with Gasteiger partial charge in [0.05, 0.1) is 12.5 Å². The molecule has 106 valence electrons. The number of benzene rings is 3. The van der Waals surface area contributed by atoms with Crippen LogP contribution in [0.2, 0.25) is 0 Å². The van der Waals surface area contributed by atoms with Crippen LogP contribution in [0.15, 0.2) is 60.7 Å². The van der Waals surface area contributed by atoms with Crippen LogP contribution < -0.4 is 4.74 Å². The van der Waals surface area contributed by atoms with Crippen LogP contribution in [0.3, 0.4) is 0 Å². The molecule has 3 aromatic carbocycles. The molecule has 0 spiro atoms. The van der Waals surface area contributed by atoms with Crippen molar-refractivity contribution in [2.75, 3.05) is 7.11 Å². The summed E-state index contributed by atoms with van der Waals surface area (Å²) in [5.74, 6) is 0.821. The molecule has 1 atom stereocenters. The van der Waals surface area contributed by atoms with Crippen LogP contribution >= 0.6 is 11.6 Å². The molecule has 0 amide bonds. The summed E-state index contributed by atoms with van der Waals surface area (Å²) in [5, 5.41) is 2.21. The molecule has 0 aliphatic heterocycles. The Labute approximate surface area is 130 Å². The Morgan fingerprint density at radius 2 is 1.48 bits per heavy atom. The van der Waals surface area contributed by atoms with E-state index in [0.29, 0.717) is 0 Å². The van der Waals surface area contributed by atoms with E-state index in [4.69, 9.17) is 16.3 Å². The van der Waals surface area contributed by atoms with Gasteiger partial charge in [0, 0.05) is 5.56 Å². The van der Waals surface area contributed by atoms with Gasteiger partial charge in [-0.3, -0.25) is 0 Å². The van der Waals surface area contributed by atoms with Crippen LogP contribution in [0.1, 0.15) is 22.1 Å². The molecule has 0 saturated carbocycles. The summed E-state index contributed by atoms with van der Waals surface area (Å²) in [6, 6.07) is 20.5. The molecule has 0 heterocycles. The molecule has 0 aliphatic rings. The fourth-order valence-corrected chi connectivity index (χ4v) is 3.11. The van der Waals surface area contributed by atoms with Crippen LogP contribution in [-0.4, -0.2) is 7.11 Å². The number of para-hydroxylation sites is 1. The number of halogens is 1. The minimum absolute atomic E-state index is 0.230. The molecule has 21 heavy (non-hydrogen) atoms. The Kier molecular flexibility index (Phi) is 3.85. The van der Waals surface area contributed by atoms with Gasteiger partial charge in [-0.05, 0) is 34.9 Å². The van der Waals surface area contributed by atoms with Gasteiger partial charge < -0.3 is 4.74 Å². The first kappa shape index (κ1) is 14.0. The van der Waals surface area contributed by atoms with Crippen molar-refractivity contribution in [3.8, 4) is 5.75 Å². The van der Waals surface area contributed by atoms with Crippen LogP contribution in [0.5, 0.6) is 5.75 Å². The number of alkyl halides is 1. The standard InChI is InChI=1S/C19H17ClO/c1-13-11-12-16(15-8-4-3-7-14(13)15)19(20)17-9-5-6-10-18(17)21-2/h3-12,19H,1-2H3. The molecular formula is C19H17ClO. The zero-order valence-electron chi connectivity index (χ0n) is 12.1. The number of rotatable bonds is 3. The summed E-state index contributed by atoms with van der Waals surface area (Å²) >= 11 is 6.77. The molecule has 0 fully saturated rings. The van der Waals surface area contributed by atoms with Crippen molar-refractivity contribution in [2.24, 2.45) is 0 Å². The van der Waals surface area contributed by atoms with E-state index in [9.17, 15) is 0 Å². The minimum Gasteiger partial charge on any atom is -0.496 e. The number of hydrogen-bond donors (Lipinski definition) is 0. The predicted octanol–water partition coefficient (Wildman–Crippen LogP) is 5.49. The zero-order chi connectivity index (χ0) is 14.8. The maximum absolute atomic E-state index is 6.77. The van der Waals surface area contributed by atoms with Gasteiger partial charge in [-0.25, -0.2) is 0 Å². The highest BCUT2D eigenvalue weighted by Crippen LogP contribution is 2.38. The second-order valence-corrected chi connectivity index (χ2v) is 5.56. The van der Waals surface area contributed by atoms with Gasteiger partial charge in [-0.1, -0.05) is 54.6 Å². The van der Waals surface area contributed by atoms with Gasteiger partial charge >= 0.3 is 0 Å². The Morgan fingerprint density at radius 1 is 0.810 bits per heavy atom. The molecule has 0 radical (unpaired) electrons. The van der Waals surface area contributed by atoms with Gasteiger partial charge in [-0.15, -0.1) is 11.6 Å². The van der Waals surface area contributed by atoms with Crippen molar-refractivity contribution in [2.45, 2.75) is 12.3 Å². The molecule has 1 unspecified atom stereocenters. The topological polar surface area (TPSA) is 9.23 Å². The number of methoxy groups -OCH3 is 1. The van der Waals surface area contributed by atoms with E-state index in [1.165, 1.54) is 16.3 Å². The lowest BCUT2D eigenvalue weighted by Crippen LogP contribution is -1.98. The summed E-state index contributed by atoms with van der Waals surface area (Å²) in [5.41, 5.74) is 3.37. The van der Waals surface area contributed by atoms with E-state index in [1.807, 2.05) is 24.3 Å². The van der Waals surface area contributed by atoms with Gasteiger partial charge in [0.25, 0.3) is 0 Å². The predicted molar refractivity (Wildman–Crippen MR) is 89.4 cm³/mol. The molecule has 0 N–H and O–H groups in total. The second kappa shape index (κ2) is 5.79. The SMILES string of the molecule is COc1ccccc1C(Cl)c1ccc(C)c2ccccc12. The smallest absolute Gasteiger partial charge is 0.123 e.